The third kappa shape index (κ3) is 2.65. The number of anilines is 1. The SMILES string of the molecule is Cn1nnnc1CC(=O)Nc1ccc(F)cc1F. The fourth-order valence-corrected chi connectivity index (χ4v) is 1.33. The van der Waals surface area contributed by atoms with Crippen molar-refractivity contribution in [2.75, 3.05) is 5.32 Å². The van der Waals surface area contributed by atoms with Crippen LogP contribution in [-0.2, 0) is 18.3 Å². The Morgan fingerprint density at radius 1 is 1.44 bits per heavy atom. The average Bonchev–Trinajstić information content (AvgIpc) is 2.69. The number of aryl methyl sites for hydroxylation is 1. The van der Waals surface area contributed by atoms with Crippen molar-refractivity contribution in [2.24, 2.45) is 7.05 Å². The van der Waals surface area contributed by atoms with Gasteiger partial charge in [0.1, 0.15) is 11.6 Å². The highest BCUT2D eigenvalue weighted by Crippen LogP contribution is 2.14. The van der Waals surface area contributed by atoms with Crippen molar-refractivity contribution in [2.45, 2.75) is 6.42 Å². The smallest absolute Gasteiger partial charge is 0.232 e. The van der Waals surface area contributed by atoms with Gasteiger partial charge in [0.05, 0.1) is 12.1 Å². The number of tetrazole rings is 1. The molecule has 0 saturated heterocycles. The van der Waals surface area contributed by atoms with E-state index in [0.717, 1.165) is 12.1 Å². The lowest BCUT2D eigenvalue weighted by molar-refractivity contribution is -0.115. The number of rotatable bonds is 3. The molecule has 1 N–H and O–H groups in total. The van der Waals surface area contributed by atoms with Gasteiger partial charge in [-0.1, -0.05) is 0 Å². The monoisotopic (exact) mass is 253 g/mol. The van der Waals surface area contributed by atoms with Gasteiger partial charge in [-0.15, -0.1) is 5.10 Å². The number of amides is 1. The molecule has 6 nitrogen and oxygen atoms in total. The van der Waals surface area contributed by atoms with Gasteiger partial charge in [0.25, 0.3) is 0 Å². The van der Waals surface area contributed by atoms with E-state index in [9.17, 15) is 13.6 Å². The lowest BCUT2D eigenvalue weighted by Crippen LogP contribution is -2.17. The van der Waals surface area contributed by atoms with E-state index in [1.807, 2.05) is 0 Å². The Labute approximate surface area is 101 Å². The summed E-state index contributed by atoms with van der Waals surface area (Å²) in [7, 11) is 1.58. The van der Waals surface area contributed by atoms with Crippen LogP contribution in [0.1, 0.15) is 5.82 Å². The van der Waals surface area contributed by atoms with E-state index >= 15 is 0 Å². The quantitative estimate of drug-likeness (QED) is 0.872. The lowest BCUT2D eigenvalue weighted by Gasteiger charge is -2.05. The van der Waals surface area contributed by atoms with Crippen molar-refractivity contribution in [3.8, 4) is 0 Å². The minimum atomic E-state index is -0.834. The predicted octanol–water partition coefficient (Wildman–Crippen LogP) is 0.669. The van der Waals surface area contributed by atoms with Crippen LogP contribution in [0.5, 0.6) is 0 Å². The van der Waals surface area contributed by atoms with Crippen LogP contribution in [0, 0.1) is 11.6 Å². The molecule has 1 heterocycles. The molecule has 1 aromatic heterocycles. The molecule has 0 fully saturated rings. The van der Waals surface area contributed by atoms with Crippen LogP contribution >= 0.6 is 0 Å². The van der Waals surface area contributed by atoms with Crippen molar-refractivity contribution < 1.29 is 13.6 Å². The van der Waals surface area contributed by atoms with E-state index in [-0.39, 0.29) is 12.1 Å². The first kappa shape index (κ1) is 12.1. The molecule has 94 valence electrons. The van der Waals surface area contributed by atoms with Crippen molar-refractivity contribution in [3.63, 3.8) is 0 Å². The fraction of sp³-hybridized carbons (Fsp3) is 0.200. The van der Waals surface area contributed by atoms with Gasteiger partial charge in [0.2, 0.25) is 5.91 Å². The van der Waals surface area contributed by atoms with Crippen LogP contribution in [-0.4, -0.2) is 26.1 Å². The van der Waals surface area contributed by atoms with Crippen molar-refractivity contribution in [1.29, 1.82) is 0 Å². The Hall–Kier alpha value is -2.38. The number of benzene rings is 1. The van der Waals surface area contributed by atoms with Crippen LogP contribution in [0.4, 0.5) is 14.5 Å². The van der Waals surface area contributed by atoms with Gasteiger partial charge >= 0.3 is 0 Å². The summed E-state index contributed by atoms with van der Waals surface area (Å²) in [6.07, 6.45) is -0.0969. The van der Waals surface area contributed by atoms with E-state index < -0.39 is 17.5 Å². The predicted molar refractivity (Wildman–Crippen MR) is 57.5 cm³/mol. The number of nitrogens with zero attached hydrogens (tertiary/aromatic N) is 4. The van der Waals surface area contributed by atoms with Gasteiger partial charge in [0, 0.05) is 13.1 Å². The van der Waals surface area contributed by atoms with Crippen LogP contribution in [0.2, 0.25) is 0 Å². The topological polar surface area (TPSA) is 72.7 Å². The number of hydrogen-bond donors (Lipinski definition) is 1. The van der Waals surface area contributed by atoms with E-state index in [1.165, 1.54) is 4.68 Å². The molecule has 8 heteroatoms. The summed E-state index contributed by atoms with van der Waals surface area (Å²) in [5, 5.41) is 12.9. The highest BCUT2D eigenvalue weighted by Gasteiger charge is 2.12. The van der Waals surface area contributed by atoms with Crippen molar-refractivity contribution >= 4 is 11.6 Å². The number of carbonyl (C=O) groups excluding carboxylic acids is 1. The summed E-state index contributed by atoms with van der Waals surface area (Å²) in [5.74, 6) is -1.68. The van der Waals surface area contributed by atoms with Gasteiger partial charge < -0.3 is 5.32 Å². The minimum Gasteiger partial charge on any atom is -0.323 e. The molecule has 0 unspecified atom stereocenters. The maximum absolute atomic E-state index is 13.3. The van der Waals surface area contributed by atoms with Crippen molar-refractivity contribution in [1.82, 2.24) is 20.2 Å². The number of carbonyl (C=O) groups is 1. The zero-order valence-electron chi connectivity index (χ0n) is 9.39. The molecular weight excluding hydrogens is 244 g/mol. The zero-order chi connectivity index (χ0) is 13.1. The third-order valence-corrected chi connectivity index (χ3v) is 2.23. The first-order valence-electron chi connectivity index (χ1n) is 5.02. The first-order chi connectivity index (χ1) is 8.56. The highest BCUT2D eigenvalue weighted by atomic mass is 19.1. The Kier molecular flexibility index (Phi) is 3.26. The van der Waals surface area contributed by atoms with Crippen molar-refractivity contribution in [3.05, 3.63) is 35.7 Å². The molecule has 2 rings (SSSR count). The van der Waals surface area contributed by atoms with Gasteiger partial charge in [0.15, 0.2) is 5.82 Å². The average molecular weight is 253 g/mol. The minimum absolute atomic E-state index is 0.0865. The second-order valence-electron chi connectivity index (χ2n) is 3.57. The normalized spacial score (nSPS) is 10.4. The summed E-state index contributed by atoms with van der Waals surface area (Å²) < 4.78 is 27.3. The van der Waals surface area contributed by atoms with E-state index in [2.05, 4.69) is 20.8 Å². The summed E-state index contributed by atoms with van der Waals surface area (Å²) in [5.41, 5.74) is -0.0865. The molecular formula is C10H9F2N5O. The Bertz CT molecular complexity index is 583. The second kappa shape index (κ2) is 4.86. The molecule has 0 aliphatic heterocycles. The van der Waals surface area contributed by atoms with Gasteiger partial charge in [-0.3, -0.25) is 4.79 Å². The Morgan fingerprint density at radius 3 is 2.83 bits per heavy atom. The molecule has 0 aliphatic rings. The standard InChI is InChI=1S/C10H9F2N5O/c1-17-9(14-15-16-17)5-10(18)13-8-3-2-6(11)4-7(8)12/h2-4H,5H2,1H3,(H,13,18). The van der Waals surface area contributed by atoms with Gasteiger partial charge in [-0.2, -0.15) is 0 Å². The van der Waals surface area contributed by atoms with Crippen LogP contribution in [0.3, 0.4) is 0 Å². The number of hydrogen-bond acceptors (Lipinski definition) is 4. The second-order valence-corrected chi connectivity index (χ2v) is 3.57. The largest absolute Gasteiger partial charge is 0.323 e. The van der Waals surface area contributed by atoms with Crippen LogP contribution in [0.15, 0.2) is 18.2 Å². The zero-order valence-corrected chi connectivity index (χ0v) is 9.39. The molecule has 0 saturated carbocycles. The number of nitrogens with one attached hydrogen (secondary N) is 1. The van der Waals surface area contributed by atoms with Crippen LogP contribution in [0.25, 0.3) is 0 Å². The molecule has 0 atom stereocenters. The molecule has 1 aromatic carbocycles. The summed E-state index contributed by atoms with van der Waals surface area (Å²) in [6, 6.07) is 2.90. The summed E-state index contributed by atoms with van der Waals surface area (Å²) in [6.45, 7) is 0. The fourth-order valence-electron chi connectivity index (χ4n) is 1.33. The van der Waals surface area contributed by atoms with E-state index in [1.54, 1.807) is 7.05 Å². The summed E-state index contributed by atoms with van der Waals surface area (Å²) >= 11 is 0. The summed E-state index contributed by atoms with van der Waals surface area (Å²) in [4.78, 5) is 11.6. The molecule has 0 aliphatic carbocycles. The molecule has 0 spiro atoms. The maximum atomic E-state index is 13.3. The number of halogens is 2. The van der Waals surface area contributed by atoms with Gasteiger partial charge in [-0.05, 0) is 22.6 Å². The number of aromatic nitrogens is 4. The van der Waals surface area contributed by atoms with Crippen LogP contribution < -0.4 is 5.32 Å². The third-order valence-electron chi connectivity index (χ3n) is 2.23. The molecule has 0 bridgehead atoms. The van der Waals surface area contributed by atoms with E-state index in [0.29, 0.717) is 11.9 Å². The first-order valence-corrected chi connectivity index (χ1v) is 5.02. The molecule has 18 heavy (non-hydrogen) atoms. The Balaban J connectivity index is 2.05. The van der Waals surface area contributed by atoms with E-state index in [4.69, 9.17) is 0 Å². The maximum Gasteiger partial charge on any atom is 0.232 e. The molecule has 1 amide bonds. The highest BCUT2D eigenvalue weighted by molar-refractivity contribution is 5.91. The Morgan fingerprint density at radius 2 is 2.22 bits per heavy atom. The lowest BCUT2D eigenvalue weighted by atomic mass is 10.3. The molecule has 2 aromatic rings. The van der Waals surface area contributed by atoms with Gasteiger partial charge in [-0.25, -0.2) is 13.5 Å². The molecule has 0 radical (unpaired) electrons.